The van der Waals surface area contributed by atoms with Gasteiger partial charge in [-0.15, -0.1) is 0 Å². The maximum absolute atomic E-state index is 12.9. The third-order valence-electron chi connectivity index (χ3n) is 5.40. The van der Waals surface area contributed by atoms with E-state index in [9.17, 15) is 19.2 Å². The lowest BCUT2D eigenvalue weighted by molar-refractivity contribution is -0.132. The smallest absolute Gasteiger partial charge is 0.246 e. The summed E-state index contributed by atoms with van der Waals surface area (Å²) in [4.78, 5) is 49.7. The van der Waals surface area contributed by atoms with Crippen LogP contribution in [-0.2, 0) is 35.1 Å². The molecule has 1 aliphatic heterocycles. The molecule has 1 aromatic heterocycles. The molecule has 0 saturated carbocycles. The molecule has 1 fully saturated rings. The van der Waals surface area contributed by atoms with Crippen LogP contribution in [0.5, 0.6) is 0 Å². The van der Waals surface area contributed by atoms with Gasteiger partial charge in [0.15, 0.2) is 17.9 Å². The summed E-state index contributed by atoms with van der Waals surface area (Å²) in [6.07, 6.45) is -0.389. The number of nitrogens with one attached hydrogen (secondary N) is 3. The van der Waals surface area contributed by atoms with Crippen molar-refractivity contribution in [2.75, 3.05) is 25.6 Å². The lowest BCUT2D eigenvalue weighted by Gasteiger charge is -2.23. The number of aromatic nitrogens is 1. The Hall–Kier alpha value is -3.57. The highest BCUT2D eigenvalue weighted by atomic mass is 16.6. The average Bonchev–Trinajstić information content (AvgIpc) is 3.45. The fourth-order valence-electron chi connectivity index (χ4n) is 3.36. The highest BCUT2D eigenvalue weighted by Gasteiger charge is 2.50. The van der Waals surface area contributed by atoms with Crippen LogP contribution >= 0.6 is 0 Å². The first-order chi connectivity index (χ1) is 16.3. The van der Waals surface area contributed by atoms with Crippen molar-refractivity contribution in [1.82, 2.24) is 15.8 Å². The number of aldehydes is 1. The fraction of sp³-hybridized carbons (Fsp3) is 0.435. The molecular weight excluding hydrogens is 444 g/mol. The Morgan fingerprint density at radius 2 is 1.97 bits per heavy atom. The quantitative estimate of drug-likeness (QED) is 0.274. The Labute approximate surface area is 196 Å². The minimum atomic E-state index is -1.17. The summed E-state index contributed by atoms with van der Waals surface area (Å²) in [5.41, 5.74) is -0.0494. The molecule has 11 heteroatoms. The van der Waals surface area contributed by atoms with E-state index in [1.807, 2.05) is 30.3 Å². The molecule has 2 amide bonds. The first-order valence-electron chi connectivity index (χ1n) is 10.7. The number of ether oxygens (including phenoxy) is 2. The van der Waals surface area contributed by atoms with Crippen molar-refractivity contribution >= 4 is 29.7 Å². The minimum Gasteiger partial charge on any atom is -0.371 e. The summed E-state index contributed by atoms with van der Waals surface area (Å²) in [5.74, 6) is -0.737. The van der Waals surface area contributed by atoms with Gasteiger partial charge in [-0.1, -0.05) is 35.5 Å². The number of hydrogen-bond donors (Lipinski definition) is 3. The molecule has 2 aromatic rings. The van der Waals surface area contributed by atoms with Crippen molar-refractivity contribution in [3.05, 3.63) is 47.7 Å². The maximum Gasteiger partial charge on any atom is 0.246 e. The molecule has 11 nitrogen and oxygen atoms in total. The van der Waals surface area contributed by atoms with E-state index < -0.39 is 42.1 Å². The van der Waals surface area contributed by atoms with Crippen LogP contribution in [-0.4, -0.2) is 73.1 Å². The van der Waals surface area contributed by atoms with Crippen LogP contribution in [0.1, 0.15) is 18.2 Å². The van der Waals surface area contributed by atoms with Crippen LogP contribution < -0.4 is 16.0 Å². The van der Waals surface area contributed by atoms with E-state index >= 15 is 0 Å². The number of aryl methyl sites for hydroxylation is 1. The number of Topliss-reactive ketones (excluding diaryl/α,β-unsaturated/α-hetero) is 1. The normalized spacial score (nSPS) is 19.4. The number of carbonyl (C=O) groups is 4. The average molecular weight is 472 g/mol. The molecule has 1 saturated heterocycles. The fourth-order valence-corrected chi connectivity index (χ4v) is 3.36. The van der Waals surface area contributed by atoms with Gasteiger partial charge in [0.2, 0.25) is 11.8 Å². The molecule has 182 valence electrons. The van der Waals surface area contributed by atoms with E-state index in [2.05, 4.69) is 21.1 Å². The van der Waals surface area contributed by atoms with Gasteiger partial charge in [-0.05, 0) is 25.8 Å². The third kappa shape index (κ3) is 6.49. The van der Waals surface area contributed by atoms with Crippen molar-refractivity contribution in [3.8, 4) is 0 Å². The third-order valence-corrected chi connectivity index (χ3v) is 5.40. The van der Waals surface area contributed by atoms with Crippen molar-refractivity contribution in [1.29, 1.82) is 0 Å². The maximum atomic E-state index is 12.9. The number of amides is 2. The van der Waals surface area contributed by atoms with Crippen LogP contribution in [0.4, 0.5) is 5.82 Å². The monoisotopic (exact) mass is 472 g/mol. The molecule has 4 atom stereocenters. The van der Waals surface area contributed by atoms with Gasteiger partial charge in [0, 0.05) is 13.2 Å². The molecule has 3 rings (SSSR count). The van der Waals surface area contributed by atoms with Gasteiger partial charge in [0.1, 0.15) is 23.5 Å². The second kappa shape index (κ2) is 11.0. The summed E-state index contributed by atoms with van der Waals surface area (Å²) in [6.45, 7) is 3.22. The first-order valence-corrected chi connectivity index (χ1v) is 10.7. The molecular formula is C23H28N4O7. The molecule has 0 radical (unpaired) electrons. The highest BCUT2D eigenvalue weighted by molar-refractivity contribution is 5.97. The van der Waals surface area contributed by atoms with Gasteiger partial charge in [-0.3, -0.25) is 14.4 Å². The minimum absolute atomic E-state index is 0.234. The van der Waals surface area contributed by atoms with Gasteiger partial charge in [0.05, 0.1) is 19.2 Å². The molecule has 2 heterocycles. The van der Waals surface area contributed by atoms with E-state index in [0.717, 1.165) is 5.56 Å². The standard InChI is InChI=1S/C23H28N4O7/c1-14-9-18(27-34-14)26-20(17(12-28)32-3)22(31)24-11-19(29)25-16(21(30)23(2)13-33-23)10-15-7-5-4-6-8-15/h4-9,12,16-17,20H,10-11,13H2,1-3H3,(H,24,31)(H,25,29)(H,26,27)/t16-,17?,20-,23?/m0/s1. The van der Waals surface area contributed by atoms with Crippen molar-refractivity contribution in [2.24, 2.45) is 0 Å². The van der Waals surface area contributed by atoms with E-state index in [1.165, 1.54) is 7.11 Å². The van der Waals surface area contributed by atoms with Gasteiger partial charge < -0.3 is 34.7 Å². The SMILES string of the molecule is COC(C=O)[C@H](Nc1cc(C)on1)C(=O)NCC(=O)N[C@@H](Cc1ccccc1)C(=O)C1(C)CO1. The number of rotatable bonds is 13. The summed E-state index contributed by atoms with van der Waals surface area (Å²) >= 11 is 0. The topological polar surface area (TPSA) is 152 Å². The van der Waals surface area contributed by atoms with Crippen LogP contribution in [0, 0.1) is 6.92 Å². The number of methoxy groups -OCH3 is 1. The van der Waals surface area contributed by atoms with E-state index in [0.29, 0.717) is 18.7 Å². The van der Waals surface area contributed by atoms with Gasteiger partial charge in [0.25, 0.3) is 0 Å². The van der Waals surface area contributed by atoms with Gasteiger partial charge >= 0.3 is 0 Å². The summed E-state index contributed by atoms with van der Waals surface area (Å²) < 4.78 is 15.3. The predicted molar refractivity (Wildman–Crippen MR) is 120 cm³/mol. The van der Waals surface area contributed by atoms with E-state index in [-0.39, 0.29) is 18.0 Å². The number of benzene rings is 1. The Kier molecular flexibility index (Phi) is 8.13. The number of nitrogens with zero attached hydrogens (tertiary/aromatic N) is 1. The van der Waals surface area contributed by atoms with Gasteiger partial charge in [-0.25, -0.2) is 0 Å². The second-order valence-electron chi connectivity index (χ2n) is 8.19. The summed E-state index contributed by atoms with van der Waals surface area (Å²) in [7, 11) is 1.28. The van der Waals surface area contributed by atoms with E-state index in [1.54, 1.807) is 19.9 Å². The van der Waals surface area contributed by atoms with Crippen LogP contribution in [0.25, 0.3) is 0 Å². The highest BCUT2D eigenvalue weighted by Crippen LogP contribution is 2.29. The number of hydrogen-bond acceptors (Lipinski definition) is 9. The molecule has 1 aromatic carbocycles. The van der Waals surface area contributed by atoms with Crippen molar-refractivity contribution < 1.29 is 33.2 Å². The van der Waals surface area contributed by atoms with Crippen LogP contribution in [0.2, 0.25) is 0 Å². The molecule has 2 unspecified atom stereocenters. The predicted octanol–water partition coefficient (Wildman–Crippen LogP) is 0.179. The number of anilines is 1. The molecule has 0 aliphatic carbocycles. The molecule has 34 heavy (non-hydrogen) atoms. The second-order valence-corrected chi connectivity index (χ2v) is 8.19. The number of ketones is 1. The zero-order valence-corrected chi connectivity index (χ0v) is 19.2. The zero-order valence-electron chi connectivity index (χ0n) is 19.2. The molecule has 0 bridgehead atoms. The summed E-state index contributed by atoms with van der Waals surface area (Å²) in [5, 5.41) is 11.7. The Bertz CT molecular complexity index is 1020. The Morgan fingerprint density at radius 1 is 1.26 bits per heavy atom. The largest absolute Gasteiger partial charge is 0.371 e. The van der Waals surface area contributed by atoms with Crippen LogP contribution in [0.15, 0.2) is 40.9 Å². The van der Waals surface area contributed by atoms with Crippen molar-refractivity contribution in [3.63, 3.8) is 0 Å². The van der Waals surface area contributed by atoms with Crippen molar-refractivity contribution in [2.45, 2.75) is 44.1 Å². The molecule has 0 spiro atoms. The first kappa shape index (κ1) is 25.1. The number of epoxide rings is 1. The Balaban J connectivity index is 1.63. The summed E-state index contributed by atoms with van der Waals surface area (Å²) in [6, 6.07) is 8.82. The molecule has 3 N–H and O–H groups in total. The number of carbonyl (C=O) groups excluding carboxylic acids is 4. The molecule has 1 aliphatic rings. The van der Waals surface area contributed by atoms with Crippen LogP contribution in [0.3, 0.4) is 0 Å². The van der Waals surface area contributed by atoms with Gasteiger partial charge in [-0.2, -0.15) is 0 Å². The zero-order chi connectivity index (χ0) is 24.7. The van der Waals surface area contributed by atoms with E-state index in [4.69, 9.17) is 14.0 Å². The lowest BCUT2D eigenvalue weighted by Crippen LogP contribution is -2.53. The Morgan fingerprint density at radius 3 is 2.53 bits per heavy atom. The lowest BCUT2D eigenvalue weighted by atomic mass is 9.95.